The summed E-state index contributed by atoms with van der Waals surface area (Å²) in [5.74, 6) is 0. The number of anilines is 1. The third-order valence-electron chi connectivity index (χ3n) is 3.02. The molecule has 2 aromatic rings. The van der Waals surface area contributed by atoms with Gasteiger partial charge >= 0.3 is 6.18 Å². The molecule has 0 saturated heterocycles. The number of halogens is 3. The summed E-state index contributed by atoms with van der Waals surface area (Å²) in [5, 5.41) is 3.18. The molecule has 2 aromatic carbocycles. The Morgan fingerprint density at radius 1 is 1.00 bits per heavy atom. The minimum Gasteiger partial charge on any atom is -0.381 e. The smallest absolute Gasteiger partial charge is 0.381 e. The highest BCUT2D eigenvalue weighted by Crippen LogP contribution is 2.29. The molecule has 0 aliphatic rings. The highest BCUT2D eigenvalue weighted by molar-refractivity contribution is 5.46. The van der Waals surface area contributed by atoms with Gasteiger partial charge in [0.2, 0.25) is 0 Å². The van der Waals surface area contributed by atoms with Gasteiger partial charge in [0.05, 0.1) is 12.2 Å². The normalized spacial score (nSPS) is 11.4. The van der Waals surface area contributed by atoms with Gasteiger partial charge < -0.3 is 10.1 Å². The van der Waals surface area contributed by atoms with Crippen LogP contribution in [0.15, 0.2) is 48.5 Å². The van der Waals surface area contributed by atoms with E-state index in [9.17, 15) is 13.2 Å². The van der Waals surface area contributed by atoms with Gasteiger partial charge in [-0.3, -0.25) is 0 Å². The molecule has 0 heterocycles. The summed E-state index contributed by atoms with van der Waals surface area (Å²) in [5.41, 5.74) is 2.10. The number of nitrogens with one attached hydrogen (secondary N) is 1. The molecule has 2 rings (SSSR count). The van der Waals surface area contributed by atoms with Gasteiger partial charge in [-0.1, -0.05) is 24.3 Å². The van der Waals surface area contributed by atoms with Crippen LogP contribution >= 0.6 is 0 Å². The predicted molar refractivity (Wildman–Crippen MR) is 75.9 cm³/mol. The van der Waals surface area contributed by atoms with E-state index in [-0.39, 0.29) is 0 Å². The standard InChI is InChI=1S/C16H16F3NO/c1-21-11-13-3-2-4-15(9-13)20-10-12-5-7-14(8-6-12)16(17,18)19/h2-9,20H,10-11H2,1H3. The van der Waals surface area contributed by atoms with Crippen molar-refractivity contribution in [1.29, 1.82) is 0 Å². The number of hydrogen-bond donors (Lipinski definition) is 1. The molecule has 0 saturated carbocycles. The number of ether oxygens (including phenoxy) is 1. The van der Waals surface area contributed by atoms with Crippen LogP contribution in [0, 0.1) is 0 Å². The van der Waals surface area contributed by atoms with E-state index in [1.54, 1.807) is 7.11 Å². The average Bonchev–Trinajstić information content (AvgIpc) is 2.45. The Labute approximate surface area is 121 Å². The van der Waals surface area contributed by atoms with Crippen molar-refractivity contribution in [2.45, 2.75) is 19.3 Å². The van der Waals surface area contributed by atoms with Crippen LogP contribution in [0.1, 0.15) is 16.7 Å². The quantitative estimate of drug-likeness (QED) is 0.879. The van der Waals surface area contributed by atoms with Crippen LogP contribution in [0.4, 0.5) is 18.9 Å². The molecule has 5 heteroatoms. The van der Waals surface area contributed by atoms with Crippen LogP contribution in [0.2, 0.25) is 0 Å². The number of methoxy groups -OCH3 is 1. The molecule has 0 fully saturated rings. The highest BCUT2D eigenvalue weighted by atomic mass is 19.4. The lowest BCUT2D eigenvalue weighted by Crippen LogP contribution is -2.05. The fourth-order valence-corrected chi connectivity index (χ4v) is 1.95. The summed E-state index contributed by atoms with van der Waals surface area (Å²) in [6.07, 6.45) is -4.29. The largest absolute Gasteiger partial charge is 0.416 e. The molecule has 0 bridgehead atoms. The Morgan fingerprint density at radius 3 is 2.33 bits per heavy atom. The predicted octanol–water partition coefficient (Wildman–Crippen LogP) is 4.46. The lowest BCUT2D eigenvalue weighted by atomic mass is 10.1. The van der Waals surface area contributed by atoms with Gasteiger partial charge in [0.25, 0.3) is 0 Å². The van der Waals surface area contributed by atoms with Gasteiger partial charge in [0.1, 0.15) is 0 Å². The van der Waals surface area contributed by atoms with E-state index < -0.39 is 11.7 Å². The van der Waals surface area contributed by atoms with Crippen LogP contribution in [-0.4, -0.2) is 7.11 Å². The first-order valence-electron chi connectivity index (χ1n) is 6.47. The van der Waals surface area contributed by atoms with E-state index in [4.69, 9.17) is 4.74 Å². The molecule has 1 N–H and O–H groups in total. The Morgan fingerprint density at radius 2 is 1.71 bits per heavy atom. The average molecular weight is 295 g/mol. The second-order valence-corrected chi connectivity index (χ2v) is 4.68. The number of hydrogen-bond acceptors (Lipinski definition) is 2. The summed E-state index contributed by atoms with van der Waals surface area (Å²) >= 11 is 0. The van der Waals surface area contributed by atoms with Gasteiger partial charge in [-0.2, -0.15) is 13.2 Å². The van der Waals surface area contributed by atoms with Crippen molar-refractivity contribution in [3.63, 3.8) is 0 Å². The zero-order chi connectivity index (χ0) is 15.3. The zero-order valence-corrected chi connectivity index (χ0v) is 11.6. The molecule has 112 valence electrons. The molecular weight excluding hydrogens is 279 g/mol. The molecule has 0 amide bonds. The van der Waals surface area contributed by atoms with Crippen LogP contribution in [0.3, 0.4) is 0 Å². The van der Waals surface area contributed by atoms with Gasteiger partial charge in [0.15, 0.2) is 0 Å². The van der Waals surface area contributed by atoms with E-state index >= 15 is 0 Å². The van der Waals surface area contributed by atoms with Gasteiger partial charge in [-0.05, 0) is 35.4 Å². The van der Waals surface area contributed by atoms with E-state index in [0.717, 1.165) is 28.9 Å². The van der Waals surface area contributed by atoms with E-state index in [1.165, 1.54) is 12.1 Å². The Hall–Kier alpha value is -2.01. The monoisotopic (exact) mass is 295 g/mol. The number of rotatable bonds is 5. The van der Waals surface area contributed by atoms with Crippen molar-refractivity contribution < 1.29 is 17.9 Å². The van der Waals surface area contributed by atoms with Gasteiger partial charge in [0, 0.05) is 19.3 Å². The molecule has 0 aromatic heterocycles. The number of alkyl halides is 3. The lowest BCUT2D eigenvalue weighted by molar-refractivity contribution is -0.137. The van der Waals surface area contributed by atoms with Gasteiger partial charge in [-0.15, -0.1) is 0 Å². The molecule has 0 atom stereocenters. The maximum atomic E-state index is 12.5. The van der Waals surface area contributed by atoms with Crippen LogP contribution in [0.25, 0.3) is 0 Å². The first-order valence-corrected chi connectivity index (χ1v) is 6.47. The summed E-state index contributed by atoms with van der Waals surface area (Å²) < 4.78 is 42.4. The van der Waals surface area contributed by atoms with Crippen molar-refractivity contribution in [2.75, 3.05) is 12.4 Å². The third kappa shape index (κ3) is 4.49. The summed E-state index contributed by atoms with van der Waals surface area (Å²) in [4.78, 5) is 0. The second kappa shape index (κ2) is 6.63. The van der Waals surface area contributed by atoms with E-state index in [1.807, 2.05) is 24.3 Å². The Balaban J connectivity index is 1.98. The van der Waals surface area contributed by atoms with Crippen molar-refractivity contribution >= 4 is 5.69 Å². The first-order chi connectivity index (χ1) is 9.99. The fraction of sp³-hybridized carbons (Fsp3) is 0.250. The lowest BCUT2D eigenvalue weighted by Gasteiger charge is -2.10. The zero-order valence-electron chi connectivity index (χ0n) is 11.6. The molecular formula is C16H16F3NO. The first kappa shape index (κ1) is 15.4. The number of benzene rings is 2. The van der Waals surface area contributed by atoms with E-state index in [2.05, 4.69) is 5.32 Å². The second-order valence-electron chi connectivity index (χ2n) is 4.68. The molecule has 2 nitrogen and oxygen atoms in total. The highest BCUT2D eigenvalue weighted by Gasteiger charge is 2.29. The van der Waals surface area contributed by atoms with Gasteiger partial charge in [-0.25, -0.2) is 0 Å². The molecule has 0 radical (unpaired) electrons. The van der Waals surface area contributed by atoms with Crippen LogP contribution < -0.4 is 5.32 Å². The van der Waals surface area contributed by atoms with Crippen LogP contribution in [0.5, 0.6) is 0 Å². The summed E-state index contributed by atoms with van der Waals surface area (Å²) in [6.45, 7) is 0.990. The topological polar surface area (TPSA) is 21.3 Å². The SMILES string of the molecule is COCc1cccc(NCc2ccc(C(F)(F)F)cc2)c1. The molecule has 0 spiro atoms. The van der Waals surface area contributed by atoms with E-state index in [0.29, 0.717) is 13.2 Å². The molecule has 0 aliphatic carbocycles. The fourth-order valence-electron chi connectivity index (χ4n) is 1.95. The Bertz CT molecular complexity index is 579. The summed E-state index contributed by atoms with van der Waals surface area (Å²) in [6, 6.07) is 12.9. The Kier molecular flexibility index (Phi) is 4.85. The maximum absolute atomic E-state index is 12.5. The van der Waals surface area contributed by atoms with Crippen LogP contribution in [-0.2, 0) is 24.1 Å². The molecule has 21 heavy (non-hydrogen) atoms. The van der Waals surface area contributed by atoms with Crippen molar-refractivity contribution in [3.05, 3.63) is 65.2 Å². The summed E-state index contributed by atoms with van der Waals surface area (Å²) in [7, 11) is 1.63. The maximum Gasteiger partial charge on any atom is 0.416 e. The van der Waals surface area contributed by atoms with Crippen molar-refractivity contribution in [3.8, 4) is 0 Å². The minimum atomic E-state index is -4.29. The minimum absolute atomic E-state index is 0.467. The van der Waals surface area contributed by atoms with Crippen molar-refractivity contribution in [2.24, 2.45) is 0 Å². The van der Waals surface area contributed by atoms with Crippen molar-refractivity contribution in [1.82, 2.24) is 0 Å². The molecule has 0 aliphatic heterocycles. The molecule has 0 unspecified atom stereocenters. The third-order valence-corrected chi connectivity index (χ3v) is 3.02.